The summed E-state index contributed by atoms with van der Waals surface area (Å²) in [5.74, 6) is 2.05. The first-order chi connectivity index (χ1) is 7.74. The van der Waals surface area contributed by atoms with E-state index in [2.05, 4.69) is 25.3 Å². The van der Waals surface area contributed by atoms with Crippen molar-refractivity contribution in [2.24, 2.45) is 0 Å². The van der Waals surface area contributed by atoms with E-state index >= 15 is 0 Å². The molecule has 2 rings (SSSR count). The average molecular weight is 301 g/mol. The van der Waals surface area contributed by atoms with Gasteiger partial charge in [-0.2, -0.15) is 4.37 Å². The lowest BCUT2D eigenvalue weighted by atomic mass is 10.2. The predicted octanol–water partition coefficient (Wildman–Crippen LogP) is 2.98. The third-order valence-electron chi connectivity index (χ3n) is 2.04. The van der Waals surface area contributed by atoms with Crippen LogP contribution >= 0.6 is 27.5 Å². The quantitative estimate of drug-likeness (QED) is 0.874. The number of hydrogen-bond donors (Lipinski definition) is 0. The number of nitrogens with zero attached hydrogens (tertiary/aromatic N) is 2. The molecule has 2 aromatic rings. The van der Waals surface area contributed by atoms with E-state index in [4.69, 9.17) is 9.47 Å². The predicted molar refractivity (Wildman–Crippen MR) is 66.1 cm³/mol. The molecule has 0 saturated heterocycles. The minimum Gasteiger partial charge on any atom is -0.493 e. The molecule has 0 radical (unpaired) electrons. The van der Waals surface area contributed by atoms with E-state index in [9.17, 15) is 0 Å². The van der Waals surface area contributed by atoms with Crippen LogP contribution in [-0.4, -0.2) is 23.6 Å². The highest BCUT2D eigenvalue weighted by Crippen LogP contribution is 2.31. The van der Waals surface area contributed by atoms with Crippen LogP contribution < -0.4 is 9.47 Å². The zero-order chi connectivity index (χ0) is 11.5. The lowest BCUT2D eigenvalue weighted by molar-refractivity contribution is 0.355. The number of aromatic nitrogens is 2. The van der Waals surface area contributed by atoms with Crippen LogP contribution in [0.1, 0.15) is 0 Å². The molecule has 0 aliphatic heterocycles. The van der Waals surface area contributed by atoms with Gasteiger partial charge in [0.2, 0.25) is 0 Å². The molecular formula is C10H9BrN2O2S. The van der Waals surface area contributed by atoms with Crippen LogP contribution in [0.15, 0.2) is 22.1 Å². The van der Waals surface area contributed by atoms with Crippen LogP contribution in [0.5, 0.6) is 11.5 Å². The first-order valence-corrected chi connectivity index (χ1v) is 6.03. The summed E-state index contributed by atoms with van der Waals surface area (Å²) in [6.07, 6.45) is 0. The average Bonchev–Trinajstić information content (AvgIpc) is 2.75. The Labute approximate surface area is 106 Å². The maximum Gasteiger partial charge on any atom is 0.179 e. The molecular weight excluding hydrogens is 292 g/mol. The lowest BCUT2D eigenvalue weighted by Gasteiger charge is -2.07. The van der Waals surface area contributed by atoms with Crippen LogP contribution in [0.2, 0.25) is 0 Å². The zero-order valence-electron chi connectivity index (χ0n) is 8.73. The molecule has 16 heavy (non-hydrogen) atoms. The van der Waals surface area contributed by atoms with Crippen LogP contribution in [-0.2, 0) is 0 Å². The Kier molecular flexibility index (Phi) is 3.40. The van der Waals surface area contributed by atoms with Crippen molar-refractivity contribution in [3.05, 3.63) is 22.1 Å². The van der Waals surface area contributed by atoms with Gasteiger partial charge < -0.3 is 9.47 Å². The summed E-state index contributed by atoms with van der Waals surface area (Å²) in [4.78, 5) is 4.24. The Bertz CT molecular complexity index is 501. The number of methoxy groups -OCH3 is 2. The monoisotopic (exact) mass is 300 g/mol. The second-order valence-corrected chi connectivity index (χ2v) is 4.97. The number of hydrogen-bond acceptors (Lipinski definition) is 5. The summed E-state index contributed by atoms with van der Waals surface area (Å²) in [7, 11) is 3.21. The standard InChI is InChI=1S/C10H9BrN2O2S/c1-14-7-4-3-6(5-8(7)15-2)9-12-10(11)16-13-9/h3-5H,1-2H3. The van der Waals surface area contributed by atoms with Crippen molar-refractivity contribution in [3.8, 4) is 22.9 Å². The summed E-state index contributed by atoms with van der Waals surface area (Å²) < 4.78 is 15.3. The normalized spacial score (nSPS) is 10.2. The Morgan fingerprint density at radius 1 is 1.19 bits per heavy atom. The molecule has 4 nitrogen and oxygen atoms in total. The molecule has 0 aliphatic carbocycles. The molecule has 1 aromatic heterocycles. The third-order valence-corrected chi connectivity index (χ3v) is 3.16. The van der Waals surface area contributed by atoms with Gasteiger partial charge in [-0.1, -0.05) is 0 Å². The van der Waals surface area contributed by atoms with Crippen LogP contribution in [0, 0.1) is 0 Å². The van der Waals surface area contributed by atoms with E-state index in [1.165, 1.54) is 11.5 Å². The van der Waals surface area contributed by atoms with E-state index in [1.807, 2.05) is 18.2 Å². The van der Waals surface area contributed by atoms with Crippen LogP contribution in [0.4, 0.5) is 0 Å². The summed E-state index contributed by atoms with van der Waals surface area (Å²) in [5.41, 5.74) is 0.902. The highest BCUT2D eigenvalue weighted by atomic mass is 79.9. The maximum absolute atomic E-state index is 5.22. The van der Waals surface area contributed by atoms with Crippen molar-refractivity contribution < 1.29 is 9.47 Å². The van der Waals surface area contributed by atoms with Crippen molar-refractivity contribution >= 4 is 27.5 Å². The van der Waals surface area contributed by atoms with Crippen LogP contribution in [0.3, 0.4) is 0 Å². The summed E-state index contributed by atoms with van der Waals surface area (Å²) in [6.45, 7) is 0. The fourth-order valence-electron chi connectivity index (χ4n) is 1.30. The first kappa shape index (κ1) is 11.3. The van der Waals surface area contributed by atoms with E-state index in [0.29, 0.717) is 17.3 Å². The topological polar surface area (TPSA) is 44.2 Å². The maximum atomic E-state index is 5.22. The fraction of sp³-hybridized carbons (Fsp3) is 0.200. The minimum absolute atomic E-state index is 0.672. The van der Waals surface area contributed by atoms with Crippen molar-refractivity contribution in [1.82, 2.24) is 9.36 Å². The van der Waals surface area contributed by atoms with Gasteiger partial charge in [-0.3, -0.25) is 0 Å². The van der Waals surface area contributed by atoms with Crippen molar-refractivity contribution in [2.45, 2.75) is 0 Å². The van der Waals surface area contributed by atoms with Crippen molar-refractivity contribution in [1.29, 1.82) is 0 Å². The molecule has 0 saturated carbocycles. The second-order valence-electron chi connectivity index (χ2n) is 2.94. The number of benzene rings is 1. The van der Waals surface area contributed by atoms with E-state index in [1.54, 1.807) is 14.2 Å². The highest BCUT2D eigenvalue weighted by molar-refractivity contribution is 9.11. The largest absolute Gasteiger partial charge is 0.493 e. The van der Waals surface area contributed by atoms with Gasteiger partial charge >= 0.3 is 0 Å². The molecule has 0 aliphatic rings. The number of ether oxygens (including phenoxy) is 2. The van der Waals surface area contributed by atoms with Gasteiger partial charge in [0.15, 0.2) is 21.2 Å². The fourth-order valence-corrected chi connectivity index (χ4v) is 2.12. The Morgan fingerprint density at radius 2 is 1.94 bits per heavy atom. The summed E-state index contributed by atoms with van der Waals surface area (Å²) in [5, 5.41) is 0. The molecule has 1 heterocycles. The Hall–Kier alpha value is -1.14. The highest BCUT2D eigenvalue weighted by Gasteiger charge is 2.09. The van der Waals surface area contributed by atoms with Crippen molar-refractivity contribution in [3.63, 3.8) is 0 Å². The molecule has 0 spiro atoms. The van der Waals surface area contributed by atoms with E-state index < -0.39 is 0 Å². The van der Waals surface area contributed by atoms with E-state index in [-0.39, 0.29) is 0 Å². The molecule has 0 amide bonds. The van der Waals surface area contributed by atoms with Crippen LogP contribution in [0.25, 0.3) is 11.4 Å². The molecule has 0 fully saturated rings. The smallest absolute Gasteiger partial charge is 0.179 e. The molecule has 0 unspecified atom stereocenters. The molecule has 0 bridgehead atoms. The lowest BCUT2D eigenvalue weighted by Crippen LogP contribution is -1.91. The summed E-state index contributed by atoms with van der Waals surface area (Å²) in [6, 6.07) is 5.59. The van der Waals surface area contributed by atoms with Crippen molar-refractivity contribution in [2.75, 3.05) is 14.2 Å². The van der Waals surface area contributed by atoms with Gasteiger partial charge in [0.05, 0.1) is 14.2 Å². The van der Waals surface area contributed by atoms with Gasteiger partial charge in [-0.15, -0.1) is 0 Å². The van der Waals surface area contributed by atoms with Gasteiger partial charge in [0.25, 0.3) is 0 Å². The number of halogens is 1. The van der Waals surface area contributed by atoms with Gasteiger partial charge in [-0.25, -0.2) is 4.98 Å². The van der Waals surface area contributed by atoms with Gasteiger partial charge in [-0.05, 0) is 45.7 Å². The molecule has 0 N–H and O–H groups in total. The van der Waals surface area contributed by atoms with E-state index in [0.717, 1.165) is 9.48 Å². The molecule has 0 atom stereocenters. The first-order valence-electron chi connectivity index (χ1n) is 4.46. The summed E-state index contributed by atoms with van der Waals surface area (Å²) >= 11 is 4.59. The molecule has 84 valence electrons. The zero-order valence-corrected chi connectivity index (χ0v) is 11.1. The minimum atomic E-state index is 0.672. The van der Waals surface area contributed by atoms with Gasteiger partial charge in [0, 0.05) is 5.56 Å². The van der Waals surface area contributed by atoms with Gasteiger partial charge in [0.1, 0.15) is 0 Å². The SMILES string of the molecule is COc1ccc(-c2nsc(Br)n2)cc1OC. The third kappa shape index (κ3) is 2.17. The second kappa shape index (κ2) is 4.80. The Balaban J connectivity index is 2.43. The molecule has 6 heteroatoms. The molecule has 1 aromatic carbocycles. The number of rotatable bonds is 3. The Morgan fingerprint density at radius 3 is 2.50 bits per heavy atom.